The van der Waals surface area contributed by atoms with Gasteiger partial charge in [0.2, 0.25) is 12.5 Å². The Morgan fingerprint density at radius 2 is 1.77 bits per heavy atom. The molecule has 0 fully saturated rings. The summed E-state index contributed by atoms with van der Waals surface area (Å²) in [5.74, 6) is -1.57. The van der Waals surface area contributed by atoms with Crippen molar-refractivity contribution >= 4 is 34.4 Å². The number of carboxylic acids is 1. The van der Waals surface area contributed by atoms with E-state index >= 15 is 0 Å². The molecule has 14 heteroatoms. The van der Waals surface area contributed by atoms with Gasteiger partial charge in [0.15, 0.2) is 35.0 Å². The largest absolute Gasteiger partial charge is 0.493 e. The highest BCUT2D eigenvalue weighted by molar-refractivity contribution is 6.05. The van der Waals surface area contributed by atoms with Crippen LogP contribution in [0.25, 0.3) is 22.3 Å². The molecule has 5 rings (SSSR count). The number of ether oxygens (including phenoxy) is 5. The molecule has 2 heterocycles. The van der Waals surface area contributed by atoms with E-state index in [4.69, 9.17) is 38.3 Å². The molecule has 2 amide bonds. The maximum Gasteiger partial charge on any atom is 0.328 e. The summed E-state index contributed by atoms with van der Waals surface area (Å²) in [6, 6.07) is 12.6. The van der Waals surface area contributed by atoms with Crippen molar-refractivity contribution in [3.05, 3.63) is 70.4 Å². The van der Waals surface area contributed by atoms with E-state index in [-0.39, 0.29) is 40.8 Å². The number of carbonyl (C=O) groups excluding carboxylic acids is 2. The molecular weight excluding hydrogens is 580 g/mol. The van der Waals surface area contributed by atoms with Crippen LogP contribution in [0.5, 0.6) is 28.7 Å². The minimum absolute atomic E-state index is 0.00183. The van der Waals surface area contributed by atoms with Crippen molar-refractivity contribution < 1.29 is 52.7 Å². The predicted molar refractivity (Wildman–Crippen MR) is 154 cm³/mol. The highest BCUT2D eigenvalue weighted by Gasteiger charge is 2.24. The number of benzene rings is 3. The van der Waals surface area contributed by atoms with Gasteiger partial charge < -0.3 is 48.9 Å². The summed E-state index contributed by atoms with van der Waals surface area (Å²) in [5.41, 5.74) is 0.736. The third kappa shape index (κ3) is 6.05. The molecule has 228 valence electrons. The zero-order chi connectivity index (χ0) is 31.4. The van der Waals surface area contributed by atoms with Crippen molar-refractivity contribution in [1.29, 1.82) is 0 Å². The Hall–Kier alpha value is -5.76. The van der Waals surface area contributed by atoms with Gasteiger partial charge in [0.25, 0.3) is 11.8 Å². The normalized spacial score (nSPS) is 12.3. The molecule has 0 saturated heterocycles. The van der Waals surface area contributed by atoms with Gasteiger partial charge in [-0.15, -0.1) is 0 Å². The van der Waals surface area contributed by atoms with Crippen LogP contribution < -0.4 is 39.7 Å². The standard InChI is InChI=1S/C30H26N2O12/c1-39-24-11-23-26(28(27(24)40-2)41-13-25(35)32-18(12-33)30(37)38)19(34)10-21(44-23)15-4-3-5-17(8-15)31-29(36)16-6-7-20-22(9-16)43-14-42-20/h3-11,18,33H,12-14H2,1-2H3,(H,31,36)(H,32,35)(H,37,38)/t18-/m0/s1. The fraction of sp³-hybridized carbons (Fsp3) is 0.200. The molecule has 4 N–H and O–H groups in total. The van der Waals surface area contributed by atoms with Crippen molar-refractivity contribution in [2.75, 3.05) is 39.5 Å². The molecule has 14 nitrogen and oxygen atoms in total. The first-order chi connectivity index (χ1) is 21.2. The second-order valence-electron chi connectivity index (χ2n) is 9.32. The van der Waals surface area contributed by atoms with E-state index in [0.29, 0.717) is 28.3 Å². The first kappa shape index (κ1) is 29.7. The van der Waals surface area contributed by atoms with Gasteiger partial charge in [0, 0.05) is 28.9 Å². The Morgan fingerprint density at radius 3 is 2.50 bits per heavy atom. The fourth-order valence-corrected chi connectivity index (χ4v) is 4.42. The number of fused-ring (bicyclic) bond motifs is 2. The monoisotopic (exact) mass is 606 g/mol. The zero-order valence-electron chi connectivity index (χ0n) is 23.4. The number of rotatable bonds is 11. The van der Waals surface area contributed by atoms with E-state index < -0.39 is 42.5 Å². The van der Waals surface area contributed by atoms with Crippen LogP contribution in [0.1, 0.15) is 10.4 Å². The van der Waals surface area contributed by atoms with E-state index in [1.54, 1.807) is 42.5 Å². The van der Waals surface area contributed by atoms with Gasteiger partial charge in [0.05, 0.1) is 20.8 Å². The molecule has 1 aliphatic heterocycles. The van der Waals surface area contributed by atoms with Crippen molar-refractivity contribution in [2.45, 2.75) is 6.04 Å². The van der Waals surface area contributed by atoms with Crippen LogP contribution >= 0.6 is 0 Å². The number of amides is 2. The van der Waals surface area contributed by atoms with Gasteiger partial charge in [-0.3, -0.25) is 14.4 Å². The van der Waals surface area contributed by atoms with Gasteiger partial charge in [0.1, 0.15) is 22.8 Å². The Labute approximate surface area is 248 Å². The number of aliphatic carboxylic acids is 1. The van der Waals surface area contributed by atoms with Crippen molar-refractivity contribution in [3.8, 4) is 40.1 Å². The summed E-state index contributed by atoms with van der Waals surface area (Å²) in [5, 5.41) is 23.1. The van der Waals surface area contributed by atoms with E-state index in [1.165, 1.54) is 26.4 Å². The molecule has 1 atom stereocenters. The Kier molecular flexibility index (Phi) is 8.53. The minimum Gasteiger partial charge on any atom is -0.493 e. The lowest BCUT2D eigenvalue weighted by atomic mass is 10.1. The fourth-order valence-electron chi connectivity index (χ4n) is 4.42. The molecule has 0 radical (unpaired) electrons. The quantitative estimate of drug-likeness (QED) is 0.195. The zero-order valence-corrected chi connectivity index (χ0v) is 23.4. The third-order valence-corrected chi connectivity index (χ3v) is 6.52. The Morgan fingerprint density at radius 1 is 0.977 bits per heavy atom. The molecule has 4 aromatic rings. The number of carbonyl (C=O) groups is 3. The molecule has 0 spiro atoms. The van der Waals surface area contributed by atoms with Crippen LogP contribution in [0.15, 0.2) is 63.8 Å². The van der Waals surface area contributed by atoms with Gasteiger partial charge in [-0.05, 0) is 30.3 Å². The summed E-state index contributed by atoms with van der Waals surface area (Å²) in [6.07, 6.45) is 0. The number of nitrogens with one attached hydrogen (secondary N) is 2. The highest BCUT2D eigenvalue weighted by Crippen LogP contribution is 2.43. The summed E-state index contributed by atoms with van der Waals surface area (Å²) >= 11 is 0. The number of carboxylic acid groups (broad SMARTS) is 1. The van der Waals surface area contributed by atoms with Crippen LogP contribution in [0.2, 0.25) is 0 Å². The third-order valence-electron chi connectivity index (χ3n) is 6.52. The number of aliphatic hydroxyl groups is 1. The molecule has 44 heavy (non-hydrogen) atoms. The Balaban J connectivity index is 1.44. The smallest absolute Gasteiger partial charge is 0.328 e. The van der Waals surface area contributed by atoms with Gasteiger partial charge in [-0.2, -0.15) is 0 Å². The summed E-state index contributed by atoms with van der Waals surface area (Å²) in [7, 11) is 2.66. The summed E-state index contributed by atoms with van der Waals surface area (Å²) < 4.78 is 33.1. The van der Waals surface area contributed by atoms with Gasteiger partial charge in [-0.1, -0.05) is 12.1 Å². The average Bonchev–Trinajstić information content (AvgIpc) is 3.50. The van der Waals surface area contributed by atoms with E-state index in [0.717, 1.165) is 0 Å². The van der Waals surface area contributed by atoms with Crippen LogP contribution in [-0.4, -0.2) is 68.3 Å². The Bertz CT molecular complexity index is 1820. The first-order valence-electron chi connectivity index (χ1n) is 13.0. The maximum absolute atomic E-state index is 13.4. The van der Waals surface area contributed by atoms with E-state index in [9.17, 15) is 19.2 Å². The van der Waals surface area contributed by atoms with Crippen molar-refractivity contribution in [1.82, 2.24) is 5.32 Å². The van der Waals surface area contributed by atoms with Crippen LogP contribution in [-0.2, 0) is 9.59 Å². The number of hydrogen-bond donors (Lipinski definition) is 4. The molecule has 1 aromatic heterocycles. The highest BCUT2D eigenvalue weighted by atomic mass is 16.7. The number of aliphatic hydroxyl groups excluding tert-OH is 1. The summed E-state index contributed by atoms with van der Waals surface area (Å²) in [4.78, 5) is 49.8. The van der Waals surface area contributed by atoms with Crippen molar-refractivity contribution in [3.63, 3.8) is 0 Å². The van der Waals surface area contributed by atoms with Crippen LogP contribution in [0.4, 0.5) is 5.69 Å². The molecule has 0 saturated carbocycles. The van der Waals surface area contributed by atoms with Crippen molar-refractivity contribution in [2.24, 2.45) is 0 Å². The van der Waals surface area contributed by atoms with Crippen LogP contribution in [0, 0.1) is 0 Å². The summed E-state index contributed by atoms with van der Waals surface area (Å²) in [6.45, 7) is -1.46. The first-order valence-corrected chi connectivity index (χ1v) is 13.0. The molecular formula is C30H26N2O12. The molecule has 0 aliphatic carbocycles. The van der Waals surface area contributed by atoms with Gasteiger partial charge in [-0.25, -0.2) is 4.79 Å². The van der Waals surface area contributed by atoms with E-state index in [1.807, 2.05) is 0 Å². The predicted octanol–water partition coefficient (Wildman–Crippen LogP) is 2.40. The molecule has 3 aromatic carbocycles. The SMILES string of the molecule is COc1cc2oc(-c3cccc(NC(=O)c4ccc5c(c4)OCO5)c3)cc(=O)c2c(OCC(=O)N[C@@H](CO)C(=O)O)c1OC. The lowest BCUT2D eigenvalue weighted by molar-refractivity contribution is -0.143. The van der Waals surface area contributed by atoms with Crippen LogP contribution in [0.3, 0.4) is 0 Å². The lowest BCUT2D eigenvalue weighted by Crippen LogP contribution is -2.45. The topological polar surface area (TPSA) is 192 Å². The molecule has 0 unspecified atom stereocenters. The second-order valence-corrected chi connectivity index (χ2v) is 9.32. The number of anilines is 1. The lowest BCUT2D eigenvalue weighted by Gasteiger charge is -2.17. The van der Waals surface area contributed by atoms with Gasteiger partial charge >= 0.3 is 5.97 Å². The number of hydrogen-bond acceptors (Lipinski definition) is 11. The second kappa shape index (κ2) is 12.6. The molecule has 0 bridgehead atoms. The number of methoxy groups -OCH3 is 2. The maximum atomic E-state index is 13.4. The average molecular weight is 607 g/mol. The molecule has 1 aliphatic rings. The minimum atomic E-state index is -1.54. The van der Waals surface area contributed by atoms with E-state index in [2.05, 4.69) is 10.6 Å².